The monoisotopic (exact) mass is 307 g/mol. The summed E-state index contributed by atoms with van der Waals surface area (Å²) in [6.07, 6.45) is 1.11. The summed E-state index contributed by atoms with van der Waals surface area (Å²) >= 11 is 0. The Morgan fingerprint density at radius 3 is 2.52 bits per heavy atom. The maximum absolute atomic E-state index is 12.1. The van der Waals surface area contributed by atoms with Gasteiger partial charge in [-0.3, -0.25) is 9.48 Å². The fourth-order valence-electron chi connectivity index (χ4n) is 2.05. The van der Waals surface area contributed by atoms with Crippen LogP contribution in [0.1, 0.15) is 11.4 Å². The van der Waals surface area contributed by atoms with E-state index in [0.717, 1.165) is 17.6 Å². The third-order valence-electron chi connectivity index (χ3n) is 2.96. The van der Waals surface area contributed by atoms with Crippen LogP contribution in [-0.2, 0) is 21.2 Å². The van der Waals surface area contributed by atoms with Crippen LogP contribution in [0.5, 0.6) is 0 Å². The third-order valence-corrected chi connectivity index (χ3v) is 4.11. The number of hydrogen-bond acceptors (Lipinski definition) is 4. The zero-order chi connectivity index (χ0) is 15.6. The van der Waals surface area contributed by atoms with E-state index in [4.69, 9.17) is 0 Å². The van der Waals surface area contributed by atoms with Crippen LogP contribution in [-0.4, -0.2) is 30.4 Å². The first kappa shape index (κ1) is 15.2. The number of carbonyl (C=O) groups is 1. The predicted molar refractivity (Wildman–Crippen MR) is 79.9 cm³/mol. The highest BCUT2D eigenvalue weighted by molar-refractivity contribution is 7.90. The van der Waals surface area contributed by atoms with E-state index < -0.39 is 9.84 Å². The predicted octanol–water partition coefficient (Wildman–Crippen LogP) is 1.54. The lowest BCUT2D eigenvalue weighted by Gasteiger charge is -2.10. The van der Waals surface area contributed by atoms with Crippen LogP contribution in [0.2, 0.25) is 0 Å². The van der Waals surface area contributed by atoms with Gasteiger partial charge in [0, 0.05) is 11.9 Å². The van der Waals surface area contributed by atoms with Crippen LogP contribution in [0.25, 0.3) is 0 Å². The molecule has 1 aromatic carbocycles. The molecule has 112 valence electrons. The molecule has 0 saturated heterocycles. The van der Waals surface area contributed by atoms with Gasteiger partial charge in [-0.15, -0.1) is 0 Å². The van der Waals surface area contributed by atoms with Gasteiger partial charge >= 0.3 is 0 Å². The van der Waals surface area contributed by atoms with E-state index in [1.807, 2.05) is 19.9 Å². The van der Waals surface area contributed by atoms with Gasteiger partial charge in [-0.1, -0.05) is 12.1 Å². The molecule has 2 aromatic rings. The first-order valence-electron chi connectivity index (χ1n) is 6.37. The van der Waals surface area contributed by atoms with Crippen molar-refractivity contribution < 1.29 is 13.2 Å². The number of hydrogen-bond donors (Lipinski definition) is 1. The normalized spacial score (nSPS) is 11.4. The maximum atomic E-state index is 12.1. The summed E-state index contributed by atoms with van der Waals surface area (Å²) in [5, 5.41) is 6.82. The Kier molecular flexibility index (Phi) is 4.13. The minimum atomic E-state index is -3.39. The molecule has 0 atom stereocenters. The van der Waals surface area contributed by atoms with Crippen molar-refractivity contribution in [3.8, 4) is 0 Å². The number of rotatable bonds is 4. The number of amides is 1. The molecule has 7 heteroatoms. The van der Waals surface area contributed by atoms with Crippen molar-refractivity contribution in [1.29, 1.82) is 0 Å². The Hall–Kier alpha value is -2.15. The zero-order valence-corrected chi connectivity index (χ0v) is 12.9. The first-order chi connectivity index (χ1) is 9.77. The highest BCUT2D eigenvalue weighted by Crippen LogP contribution is 2.20. The van der Waals surface area contributed by atoms with E-state index >= 15 is 0 Å². The second-order valence-electron chi connectivity index (χ2n) is 4.90. The molecular weight excluding hydrogens is 290 g/mol. The summed E-state index contributed by atoms with van der Waals surface area (Å²) in [5.41, 5.74) is 1.99. The molecule has 21 heavy (non-hydrogen) atoms. The average Bonchev–Trinajstić information content (AvgIpc) is 2.67. The fourth-order valence-corrected chi connectivity index (χ4v) is 2.90. The number of carbonyl (C=O) groups excluding carboxylic acids is 1. The summed E-state index contributed by atoms with van der Waals surface area (Å²) in [6.45, 7) is 3.75. The molecule has 1 heterocycles. The molecule has 0 fully saturated rings. The Bertz CT molecular complexity index is 779. The molecule has 0 aliphatic heterocycles. The largest absolute Gasteiger partial charge is 0.323 e. The molecule has 0 unspecified atom stereocenters. The van der Waals surface area contributed by atoms with Gasteiger partial charge in [0.05, 0.1) is 16.3 Å². The number of sulfone groups is 1. The standard InChI is InChI=1S/C14H17N3O3S/c1-10-8-11(2)17(16-10)9-14(18)15-12-6-4-5-7-13(12)21(3,19)20/h4-8H,9H2,1-3H3,(H,15,18). The number of para-hydroxylation sites is 1. The van der Waals surface area contributed by atoms with E-state index in [9.17, 15) is 13.2 Å². The van der Waals surface area contributed by atoms with Gasteiger partial charge in [0.15, 0.2) is 9.84 Å². The van der Waals surface area contributed by atoms with Crippen molar-refractivity contribution in [3.63, 3.8) is 0 Å². The zero-order valence-electron chi connectivity index (χ0n) is 12.1. The fraction of sp³-hybridized carbons (Fsp3) is 0.286. The molecule has 0 radical (unpaired) electrons. The van der Waals surface area contributed by atoms with Crippen molar-refractivity contribution in [2.75, 3.05) is 11.6 Å². The highest BCUT2D eigenvalue weighted by Gasteiger charge is 2.15. The lowest BCUT2D eigenvalue weighted by Crippen LogP contribution is -2.21. The quantitative estimate of drug-likeness (QED) is 0.929. The van der Waals surface area contributed by atoms with Gasteiger partial charge in [0.2, 0.25) is 5.91 Å². The van der Waals surface area contributed by atoms with Crippen molar-refractivity contribution in [2.24, 2.45) is 0 Å². The minimum Gasteiger partial charge on any atom is -0.323 e. The molecule has 0 aliphatic carbocycles. The highest BCUT2D eigenvalue weighted by atomic mass is 32.2. The van der Waals surface area contributed by atoms with Crippen molar-refractivity contribution in [1.82, 2.24) is 9.78 Å². The number of nitrogens with one attached hydrogen (secondary N) is 1. The van der Waals surface area contributed by atoms with E-state index in [1.54, 1.807) is 22.9 Å². The van der Waals surface area contributed by atoms with E-state index in [2.05, 4.69) is 10.4 Å². The summed E-state index contributed by atoms with van der Waals surface area (Å²) in [7, 11) is -3.39. The van der Waals surface area contributed by atoms with Crippen LogP contribution in [0, 0.1) is 13.8 Å². The summed E-state index contributed by atoms with van der Waals surface area (Å²) in [5.74, 6) is -0.322. The average molecular weight is 307 g/mol. The van der Waals surface area contributed by atoms with E-state index in [1.165, 1.54) is 6.07 Å². The topological polar surface area (TPSA) is 81.1 Å². The number of aryl methyl sites for hydroxylation is 2. The molecule has 6 nitrogen and oxygen atoms in total. The summed E-state index contributed by atoms with van der Waals surface area (Å²) in [4.78, 5) is 12.2. The Morgan fingerprint density at radius 2 is 1.95 bits per heavy atom. The van der Waals surface area contributed by atoms with Crippen molar-refractivity contribution >= 4 is 21.4 Å². The van der Waals surface area contributed by atoms with E-state index in [-0.39, 0.29) is 23.0 Å². The van der Waals surface area contributed by atoms with Gasteiger partial charge < -0.3 is 5.32 Å². The van der Waals surface area contributed by atoms with E-state index in [0.29, 0.717) is 0 Å². The Morgan fingerprint density at radius 1 is 1.29 bits per heavy atom. The first-order valence-corrected chi connectivity index (χ1v) is 8.26. The Balaban J connectivity index is 2.19. The molecule has 1 amide bonds. The van der Waals surface area contributed by atoms with Crippen molar-refractivity contribution in [3.05, 3.63) is 41.7 Å². The molecule has 1 N–H and O–H groups in total. The van der Waals surface area contributed by atoms with Gasteiger partial charge in [-0.05, 0) is 32.0 Å². The molecule has 0 saturated carbocycles. The number of aromatic nitrogens is 2. The van der Waals surface area contributed by atoms with Crippen LogP contribution in [0.4, 0.5) is 5.69 Å². The van der Waals surface area contributed by atoms with Gasteiger partial charge in [0.25, 0.3) is 0 Å². The number of nitrogens with zero attached hydrogens (tertiary/aromatic N) is 2. The number of benzene rings is 1. The molecular formula is C14H17N3O3S. The van der Waals surface area contributed by atoms with Gasteiger partial charge in [-0.2, -0.15) is 5.10 Å². The molecule has 0 spiro atoms. The summed E-state index contributed by atoms with van der Waals surface area (Å²) < 4.78 is 24.9. The third kappa shape index (κ3) is 3.69. The van der Waals surface area contributed by atoms with Crippen LogP contribution >= 0.6 is 0 Å². The Labute approximate surface area is 123 Å². The lowest BCUT2D eigenvalue weighted by molar-refractivity contribution is -0.116. The van der Waals surface area contributed by atoms with Crippen LogP contribution < -0.4 is 5.32 Å². The lowest BCUT2D eigenvalue weighted by atomic mass is 10.3. The second-order valence-corrected chi connectivity index (χ2v) is 6.89. The van der Waals surface area contributed by atoms with Gasteiger partial charge in [0.1, 0.15) is 6.54 Å². The minimum absolute atomic E-state index is 0.0395. The molecule has 0 bridgehead atoms. The number of anilines is 1. The molecule has 1 aromatic heterocycles. The van der Waals surface area contributed by atoms with Gasteiger partial charge in [-0.25, -0.2) is 8.42 Å². The van der Waals surface area contributed by atoms with Crippen LogP contribution in [0.3, 0.4) is 0 Å². The van der Waals surface area contributed by atoms with Crippen molar-refractivity contribution in [2.45, 2.75) is 25.3 Å². The SMILES string of the molecule is Cc1cc(C)n(CC(=O)Nc2ccccc2S(C)(=O)=O)n1. The molecule has 0 aliphatic rings. The van der Waals surface area contributed by atoms with Crippen LogP contribution in [0.15, 0.2) is 35.2 Å². The second kappa shape index (κ2) is 5.69. The molecule has 2 rings (SSSR count). The maximum Gasteiger partial charge on any atom is 0.246 e. The smallest absolute Gasteiger partial charge is 0.246 e. The summed E-state index contributed by atoms with van der Waals surface area (Å²) in [6, 6.07) is 8.20.